The molecule has 0 spiro atoms. The van der Waals surface area contributed by atoms with Crippen molar-refractivity contribution in [2.45, 2.75) is 61.7 Å². The number of fused-ring (bicyclic) bond motifs is 1. The van der Waals surface area contributed by atoms with Crippen molar-refractivity contribution in [3.63, 3.8) is 0 Å². The van der Waals surface area contributed by atoms with Crippen molar-refractivity contribution in [2.24, 2.45) is 0 Å². The topological polar surface area (TPSA) is 183 Å². The highest BCUT2D eigenvalue weighted by atomic mass is 16.7. The molecule has 5 N–H and O–H groups in total. The fourth-order valence-electron chi connectivity index (χ4n) is 4.82. The highest BCUT2D eigenvalue weighted by Gasteiger charge is 2.45. The lowest BCUT2D eigenvalue weighted by molar-refractivity contribution is -0.320. The van der Waals surface area contributed by atoms with E-state index in [0.29, 0.717) is 34.1 Å². The zero-order valence-electron chi connectivity index (χ0n) is 21.8. The third-order valence-electron chi connectivity index (χ3n) is 7.12. The van der Waals surface area contributed by atoms with Crippen LogP contribution in [0.3, 0.4) is 0 Å². The zero-order chi connectivity index (χ0) is 28.6. The number of methoxy groups -OCH3 is 2. The van der Waals surface area contributed by atoms with Crippen LogP contribution in [0.2, 0.25) is 0 Å². The maximum Gasteiger partial charge on any atom is 0.228 e. The molecule has 13 heteroatoms. The first-order valence-corrected chi connectivity index (χ1v) is 12.7. The van der Waals surface area contributed by atoms with Crippen LogP contribution in [-0.4, -0.2) is 108 Å². The normalized spacial score (nSPS) is 34.0. The average molecular weight is 565 g/mol. The summed E-state index contributed by atoms with van der Waals surface area (Å²) in [5.41, 5.74) is 1.08. The summed E-state index contributed by atoms with van der Waals surface area (Å²) in [5.74, 6) is 1.42. The zero-order valence-corrected chi connectivity index (χ0v) is 21.8. The minimum absolute atomic E-state index is 0.101. The summed E-state index contributed by atoms with van der Waals surface area (Å²) < 4.78 is 38.7. The molecule has 9 unspecified atom stereocenters. The molecule has 218 valence electrons. The van der Waals surface area contributed by atoms with Crippen LogP contribution in [0.4, 0.5) is 0 Å². The summed E-state index contributed by atoms with van der Waals surface area (Å²) in [4.78, 5) is 12.9. The van der Waals surface area contributed by atoms with Crippen LogP contribution < -0.4 is 18.9 Å². The number of carbonyl (C=O) groups excluding carboxylic acids is 1. The van der Waals surface area contributed by atoms with Crippen LogP contribution in [0.25, 0.3) is 0 Å². The summed E-state index contributed by atoms with van der Waals surface area (Å²) in [6, 6.07) is 9.94. The van der Waals surface area contributed by atoms with Gasteiger partial charge < -0.3 is 58.7 Å². The lowest BCUT2D eigenvalue weighted by Gasteiger charge is -2.41. The van der Waals surface area contributed by atoms with Crippen molar-refractivity contribution in [1.29, 1.82) is 0 Å². The highest BCUT2D eigenvalue weighted by molar-refractivity contribution is 6.02. The molecule has 2 fully saturated rings. The smallest absolute Gasteiger partial charge is 0.228 e. The van der Waals surface area contributed by atoms with E-state index in [9.17, 15) is 30.3 Å². The molecule has 2 aromatic carbocycles. The molecule has 0 bridgehead atoms. The second-order valence-electron chi connectivity index (χ2n) is 9.73. The molecule has 3 aliphatic heterocycles. The molecule has 0 saturated carbocycles. The van der Waals surface area contributed by atoms with Crippen LogP contribution in [0.5, 0.6) is 23.0 Å². The maximum absolute atomic E-state index is 12.9. The summed E-state index contributed by atoms with van der Waals surface area (Å²) in [6.07, 6.45) is -11.4. The Morgan fingerprint density at radius 1 is 0.800 bits per heavy atom. The Balaban J connectivity index is 1.20. The van der Waals surface area contributed by atoms with Gasteiger partial charge in [-0.2, -0.15) is 0 Å². The van der Waals surface area contributed by atoms with E-state index in [4.69, 9.17) is 33.2 Å². The van der Waals surface area contributed by atoms with Gasteiger partial charge in [0.15, 0.2) is 12.1 Å². The van der Waals surface area contributed by atoms with Gasteiger partial charge in [0.1, 0.15) is 71.3 Å². The Morgan fingerprint density at radius 3 is 2.20 bits per heavy atom. The summed E-state index contributed by atoms with van der Waals surface area (Å²) >= 11 is 0. The average Bonchev–Trinajstić information content (AvgIpc) is 2.96. The number of aliphatic hydroxyl groups excluding tert-OH is 5. The molecule has 13 nitrogen and oxygen atoms in total. The third kappa shape index (κ3) is 5.60. The first kappa shape index (κ1) is 28.5. The van der Waals surface area contributed by atoms with Crippen molar-refractivity contribution < 1.29 is 63.5 Å². The monoisotopic (exact) mass is 564 g/mol. The molecule has 2 aromatic rings. The molecule has 5 rings (SSSR count). The van der Waals surface area contributed by atoms with Gasteiger partial charge in [-0.25, -0.2) is 0 Å². The van der Waals surface area contributed by atoms with Crippen molar-refractivity contribution in [1.82, 2.24) is 0 Å². The van der Waals surface area contributed by atoms with Gasteiger partial charge in [-0.15, -0.1) is 0 Å². The standard InChI is InChI=1S/C27H32O13/c1-34-14-7-18(35-2)21-15(28)9-17(39-19(21)8-14)12-3-5-13(6-4-12)38-26-25(33)23(31)20(11-37-26)40-27-24(32)22(30)16(29)10-36-27/h3-8,16-17,20,22-27,29-33H,9-11H2,1-2H3. The number of aliphatic hydroxyl groups is 5. The Labute approximate surface area is 229 Å². The fraction of sp³-hybridized carbons (Fsp3) is 0.519. The van der Waals surface area contributed by atoms with Crippen LogP contribution in [0.1, 0.15) is 28.4 Å². The van der Waals surface area contributed by atoms with Crippen LogP contribution >= 0.6 is 0 Å². The highest BCUT2D eigenvalue weighted by Crippen LogP contribution is 2.42. The molecular formula is C27H32O13. The van der Waals surface area contributed by atoms with Crippen LogP contribution in [0, 0.1) is 0 Å². The van der Waals surface area contributed by atoms with E-state index in [1.54, 1.807) is 36.4 Å². The van der Waals surface area contributed by atoms with Gasteiger partial charge in [0.05, 0.1) is 33.9 Å². The second kappa shape index (κ2) is 11.8. The number of hydrogen-bond donors (Lipinski definition) is 5. The van der Waals surface area contributed by atoms with Crippen molar-refractivity contribution in [3.8, 4) is 23.0 Å². The van der Waals surface area contributed by atoms with E-state index in [-0.39, 0.29) is 25.4 Å². The van der Waals surface area contributed by atoms with E-state index < -0.39 is 55.3 Å². The number of ketones is 1. The number of ether oxygens (including phenoxy) is 7. The molecular weight excluding hydrogens is 532 g/mol. The molecule has 0 radical (unpaired) electrons. The van der Waals surface area contributed by atoms with Gasteiger partial charge in [0.2, 0.25) is 6.29 Å². The lowest BCUT2D eigenvalue weighted by Crippen LogP contribution is -2.60. The third-order valence-corrected chi connectivity index (χ3v) is 7.12. The molecule has 3 aliphatic rings. The summed E-state index contributed by atoms with van der Waals surface area (Å²) in [7, 11) is 2.98. The van der Waals surface area contributed by atoms with Gasteiger partial charge in [0.25, 0.3) is 0 Å². The summed E-state index contributed by atoms with van der Waals surface area (Å²) in [5, 5.41) is 50.6. The quantitative estimate of drug-likeness (QED) is 0.296. The van der Waals surface area contributed by atoms with Crippen molar-refractivity contribution in [2.75, 3.05) is 27.4 Å². The largest absolute Gasteiger partial charge is 0.496 e. The van der Waals surface area contributed by atoms with Crippen molar-refractivity contribution in [3.05, 3.63) is 47.5 Å². The predicted molar refractivity (Wildman–Crippen MR) is 133 cm³/mol. The first-order chi connectivity index (χ1) is 19.2. The first-order valence-electron chi connectivity index (χ1n) is 12.7. The van der Waals surface area contributed by atoms with Gasteiger partial charge in [-0.3, -0.25) is 4.79 Å². The Morgan fingerprint density at radius 2 is 1.50 bits per heavy atom. The van der Waals surface area contributed by atoms with E-state index in [1.165, 1.54) is 14.2 Å². The van der Waals surface area contributed by atoms with Gasteiger partial charge >= 0.3 is 0 Å². The molecule has 2 saturated heterocycles. The lowest BCUT2D eigenvalue weighted by atomic mass is 9.95. The molecule has 0 aromatic heterocycles. The number of carbonyl (C=O) groups is 1. The number of hydrogen-bond acceptors (Lipinski definition) is 13. The predicted octanol–water partition coefficient (Wildman–Crippen LogP) is -0.309. The number of benzene rings is 2. The van der Waals surface area contributed by atoms with E-state index in [2.05, 4.69) is 0 Å². The maximum atomic E-state index is 12.9. The minimum Gasteiger partial charge on any atom is -0.496 e. The van der Waals surface area contributed by atoms with E-state index in [1.807, 2.05) is 0 Å². The molecule has 3 heterocycles. The van der Waals surface area contributed by atoms with E-state index in [0.717, 1.165) is 0 Å². The molecule has 9 atom stereocenters. The Bertz CT molecular complexity index is 1190. The minimum atomic E-state index is -1.55. The van der Waals surface area contributed by atoms with E-state index >= 15 is 0 Å². The SMILES string of the molecule is COc1cc(OC)c2c(c1)OC(c1ccc(OC3OCC(OC4OCC(O)C(O)C4O)C(O)C3O)cc1)CC2=O. The van der Waals surface area contributed by atoms with Crippen LogP contribution in [0.15, 0.2) is 36.4 Å². The Kier molecular flexibility index (Phi) is 8.44. The Hall–Kier alpha value is -3.01. The fourth-order valence-corrected chi connectivity index (χ4v) is 4.82. The van der Waals surface area contributed by atoms with Gasteiger partial charge in [-0.05, 0) is 17.7 Å². The number of Topliss-reactive ketones (excluding diaryl/α,β-unsaturated/α-hetero) is 1. The molecule has 40 heavy (non-hydrogen) atoms. The van der Waals surface area contributed by atoms with Crippen molar-refractivity contribution >= 4 is 5.78 Å². The van der Waals surface area contributed by atoms with Crippen LogP contribution in [-0.2, 0) is 14.2 Å². The molecule has 0 amide bonds. The van der Waals surface area contributed by atoms with Gasteiger partial charge in [-0.1, -0.05) is 12.1 Å². The molecule has 0 aliphatic carbocycles. The second-order valence-corrected chi connectivity index (χ2v) is 9.73. The van der Waals surface area contributed by atoms with Gasteiger partial charge in [0, 0.05) is 12.1 Å². The summed E-state index contributed by atoms with van der Waals surface area (Å²) in [6.45, 7) is -0.484. The number of rotatable bonds is 7.